The van der Waals surface area contributed by atoms with Crippen LogP contribution in [0.25, 0.3) is 10.9 Å². The van der Waals surface area contributed by atoms with Crippen LogP contribution in [-0.2, 0) is 6.54 Å². The summed E-state index contributed by atoms with van der Waals surface area (Å²) in [6.45, 7) is 4.73. The molecule has 124 valence electrons. The molecule has 1 N–H and O–H groups in total. The van der Waals surface area contributed by atoms with E-state index in [4.69, 9.17) is 4.74 Å². The van der Waals surface area contributed by atoms with Crippen molar-refractivity contribution in [1.29, 1.82) is 0 Å². The van der Waals surface area contributed by atoms with Crippen molar-refractivity contribution in [2.75, 3.05) is 12.4 Å². The van der Waals surface area contributed by atoms with Crippen LogP contribution in [0.5, 0.6) is 5.75 Å². The van der Waals surface area contributed by atoms with E-state index in [0.717, 1.165) is 23.1 Å². The highest BCUT2D eigenvalue weighted by atomic mass is 19.1. The maximum absolute atomic E-state index is 13.0. The largest absolute Gasteiger partial charge is 0.497 e. The van der Waals surface area contributed by atoms with Crippen LogP contribution in [0.2, 0.25) is 0 Å². The molecular weight excluding hydrogens is 307 g/mol. The van der Waals surface area contributed by atoms with Gasteiger partial charge in [0.1, 0.15) is 11.6 Å². The van der Waals surface area contributed by atoms with E-state index in [0.29, 0.717) is 17.0 Å². The topological polar surface area (TPSA) is 43.3 Å². The van der Waals surface area contributed by atoms with Gasteiger partial charge in [-0.3, -0.25) is 4.79 Å². The maximum Gasteiger partial charge on any atom is 0.258 e. The Kier molecular flexibility index (Phi) is 4.25. The molecular formula is C19H19FN2O2. The number of hydrogen-bond acceptors (Lipinski definition) is 2. The molecule has 0 aliphatic rings. The summed E-state index contributed by atoms with van der Waals surface area (Å²) in [6.07, 6.45) is 0. The first-order valence-electron chi connectivity index (χ1n) is 7.79. The van der Waals surface area contributed by atoms with Crippen LogP contribution < -0.4 is 10.1 Å². The van der Waals surface area contributed by atoms with Crippen molar-refractivity contribution in [2.24, 2.45) is 0 Å². The zero-order valence-electron chi connectivity index (χ0n) is 13.9. The van der Waals surface area contributed by atoms with Gasteiger partial charge in [0, 0.05) is 28.8 Å². The summed E-state index contributed by atoms with van der Waals surface area (Å²) in [5, 5.41) is 3.67. The Morgan fingerprint density at radius 1 is 1.21 bits per heavy atom. The average Bonchev–Trinajstić information content (AvgIpc) is 2.87. The van der Waals surface area contributed by atoms with Gasteiger partial charge in [-0.15, -0.1) is 0 Å². The van der Waals surface area contributed by atoms with Crippen molar-refractivity contribution in [3.63, 3.8) is 0 Å². The lowest BCUT2D eigenvalue weighted by atomic mass is 10.1. The molecule has 3 rings (SSSR count). The molecule has 0 aliphatic carbocycles. The number of nitrogens with one attached hydrogen (secondary N) is 1. The first-order valence-corrected chi connectivity index (χ1v) is 7.79. The van der Waals surface area contributed by atoms with Gasteiger partial charge in [0.15, 0.2) is 0 Å². The van der Waals surface area contributed by atoms with Gasteiger partial charge in [-0.05, 0) is 56.3 Å². The highest BCUT2D eigenvalue weighted by Crippen LogP contribution is 2.30. The van der Waals surface area contributed by atoms with E-state index in [2.05, 4.69) is 9.88 Å². The quantitative estimate of drug-likeness (QED) is 0.773. The van der Waals surface area contributed by atoms with Crippen LogP contribution in [0, 0.1) is 12.7 Å². The first-order chi connectivity index (χ1) is 11.5. The molecule has 0 bridgehead atoms. The molecule has 0 spiro atoms. The normalized spacial score (nSPS) is 10.8. The van der Waals surface area contributed by atoms with Crippen molar-refractivity contribution in [1.82, 2.24) is 4.57 Å². The van der Waals surface area contributed by atoms with Crippen LogP contribution in [0.4, 0.5) is 10.1 Å². The Morgan fingerprint density at radius 3 is 2.54 bits per heavy atom. The zero-order valence-corrected chi connectivity index (χ0v) is 13.9. The number of halogens is 1. The van der Waals surface area contributed by atoms with Crippen molar-refractivity contribution in [3.8, 4) is 5.75 Å². The number of anilines is 1. The summed E-state index contributed by atoms with van der Waals surface area (Å²) in [5.74, 6) is 0.146. The third-order valence-corrected chi connectivity index (χ3v) is 4.18. The minimum absolute atomic E-state index is 0.218. The number of aromatic nitrogens is 1. The van der Waals surface area contributed by atoms with E-state index >= 15 is 0 Å². The smallest absolute Gasteiger partial charge is 0.258 e. The number of fused-ring (bicyclic) bond motifs is 1. The summed E-state index contributed by atoms with van der Waals surface area (Å²) < 4.78 is 20.4. The first kappa shape index (κ1) is 16.1. The molecule has 1 heterocycles. The zero-order chi connectivity index (χ0) is 17.3. The van der Waals surface area contributed by atoms with E-state index in [9.17, 15) is 9.18 Å². The number of ether oxygens (including phenoxy) is 1. The molecule has 24 heavy (non-hydrogen) atoms. The number of amides is 1. The van der Waals surface area contributed by atoms with Crippen LogP contribution in [0.1, 0.15) is 23.0 Å². The molecule has 5 heteroatoms. The standard InChI is InChI=1S/C19H19FN2O2/c1-4-22-12(2)18(16-11-15(24-3)9-10-17(16)22)19(23)21-14-7-5-13(20)6-8-14/h5-11H,4H2,1-3H3,(H,21,23). The number of hydrogen-bond donors (Lipinski definition) is 1. The monoisotopic (exact) mass is 326 g/mol. The number of carbonyl (C=O) groups is 1. The van der Waals surface area contributed by atoms with Crippen molar-refractivity contribution in [2.45, 2.75) is 20.4 Å². The lowest BCUT2D eigenvalue weighted by Gasteiger charge is -2.07. The molecule has 0 atom stereocenters. The van der Waals surface area contributed by atoms with Gasteiger partial charge in [-0.1, -0.05) is 0 Å². The van der Waals surface area contributed by atoms with Crippen LogP contribution >= 0.6 is 0 Å². The number of methoxy groups -OCH3 is 1. The van der Waals surface area contributed by atoms with E-state index in [1.165, 1.54) is 12.1 Å². The Labute approximate surface area is 139 Å². The Morgan fingerprint density at radius 2 is 1.92 bits per heavy atom. The van der Waals surface area contributed by atoms with Gasteiger partial charge >= 0.3 is 0 Å². The van der Waals surface area contributed by atoms with E-state index in [-0.39, 0.29) is 11.7 Å². The average molecular weight is 326 g/mol. The lowest BCUT2D eigenvalue weighted by molar-refractivity contribution is 0.102. The van der Waals surface area contributed by atoms with Gasteiger partial charge < -0.3 is 14.6 Å². The molecule has 0 saturated heterocycles. The van der Waals surface area contributed by atoms with Gasteiger partial charge in [0.05, 0.1) is 12.7 Å². The van der Waals surface area contributed by atoms with Gasteiger partial charge in [0.2, 0.25) is 0 Å². The highest BCUT2D eigenvalue weighted by Gasteiger charge is 2.20. The number of carbonyl (C=O) groups excluding carboxylic acids is 1. The maximum atomic E-state index is 13.0. The van der Waals surface area contributed by atoms with E-state index < -0.39 is 0 Å². The fourth-order valence-electron chi connectivity index (χ4n) is 3.01. The third kappa shape index (κ3) is 2.73. The molecule has 0 aliphatic heterocycles. The molecule has 0 unspecified atom stereocenters. The fraction of sp³-hybridized carbons (Fsp3) is 0.211. The Hall–Kier alpha value is -2.82. The summed E-state index contributed by atoms with van der Waals surface area (Å²) >= 11 is 0. The molecule has 1 amide bonds. The number of nitrogens with zero attached hydrogens (tertiary/aromatic N) is 1. The second kappa shape index (κ2) is 6.35. The van der Waals surface area contributed by atoms with E-state index in [1.807, 2.05) is 32.0 Å². The number of aryl methyl sites for hydroxylation is 1. The molecule has 3 aromatic rings. The van der Waals surface area contributed by atoms with Crippen LogP contribution in [0.15, 0.2) is 42.5 Å². The fourth-order valence-corrected chi connectivity index (χ4v) is 3.01. The van der Waals surface area contributed by atoms with E-state index in [1.54, 1.807) is 19.2 Å². The van der Waals surface area contributed by atoms with Crippen LogP contribution in [0.3, 0.4) is 0 Å². The third-order valence-electron chi connectivity index (χ3n) is 4.18. The van der Waals surface area contributed by atoms with Gasteiger partial charge in [-0.2, -0.15) is 0 Å². The predicted molar refractivity (Wildman–Crippen MR) is 93.3 cm³/mol. The molecule has 4 nitrogen and oxygen atoms in total. The highest BCUT2D eigenvalue weighted by molar-refractivity contribution is 6.14. The van der Waals surface area contributed by atoms with Gasteiger partial charge in [0.25, 0.3) is 5.91 Å². The van der Waals surface area contributed by atoms with Crippen molar-refractivity contribution in [3.05, 3.63) is 59.5 Å². The molecule has 2 aromatic carbocycles. The summed E-state index contributed by atoms with van der Waals surface area (Å²) in [7, 11) is 1.60. The van der Waals surface area contributed by atoms with Crippen LogP contribution in [-0.4, -0.2) is 17.6 Å². The molecule has 0 saturated carbocycles. The summed E-state index contributed by atoms with van der Waals surface area (Å²) in [5.41, 5.74) is 3.04. The van der Waals surface area contributed by atoms with Crippen molar-refractivity contribution >= 4 is 22.5 Å². The molecule has 1 aromatic heterocycles. The minimum Gasteiger partial charge on any atom is -0.497 e. The Bertz CT molecular complexity index is 898. The SMILES string of the molecule is CCn1c(C)c(C(=O)Nc2ccc(F)cc2)c2cc(OC)ccc21. The molecule has 0 radical (unpaired) electrons. The second-order valence-electron chi connectivity index (χ2n) is 5.55. The summed E-state index contributed by atoms with van der Waals surface area (Å²) in [6, 6.07) is 11.4. The second-order valence-corrected chi connectivity index (χ2v) is 5.55. The number of rotatable bonds is 4. The summed E-state index contributed by atoms with van der Waals surface area (Å²) in [4.78, 5) is 12.8. The predicted octanol–water partition coefficient (Wildman–Crippen LogP) is 4.37. The molecule has 0 fully saturated rings. The van der Waals surface area contributed by atoms with Gasteiger partial charge in [-0.25, -0.2) is 4.39 Å². The number of benzene rings is 2. The van der Waals surface area contributed by atoms with Crippen molar-refractivity contribution < 1.29 is 13.9 Å². The Balaban J connectivity index is 2.08. The lowest BCUT2D eigenvalue weighted by Crippen LogP contribution is -2.13. The minimum atomic E-state index is -0.337.